The second kappa shape index (κ2) is 12.4. The molecule has 1 aromatic carbocycles. The number of ether oxygens (including phenoxy) is 1. The summed E-state index contributed by atoms with van der Waals surface area (Å²) in [4.78, 5) is 30.7. The maximum absolute atomic E-state index is 8.12. The monoisotopic (exact) mass is 547 g/mol. The SMILES string of the molecule is COc1cnc(N2CC([C@H]3CCCN(C4CC(C)C4)C3)C2)nc1N[C@H](C)c1ccc(Cl)cc1Cl.O=C=O. The number of hydrogen-bond acceptors (Lipinski definition) is 8. The van der Waals surface area contributed by atoms with Crippen LogP contribution in [0.2, 0.25) is 10.0 Å². The molecule has 0 bridgehead atoms. The molecule has 8 nitrogen and oxygen atoms in total. The fourth-order valence-electron chi connectivity index (χ4n) is 5.79. The summed E-state index contributed by atoms with van der Waals surface area (Å²) in [7, 11) is 1.64. The highest BCUT2D eigenvalue weighted by atomic mass is 35.5. The van der Waals surface area contributed by atoms with Gasteiger partial charge in [-0.05, 0) is 74.6 Å². The fraction of sp³-hybridized carbons (Fsp3) is 0.593. The molecule has 2 aromatic rings. The molecule has 3 fully saturated rings. The molecule has 37 heavy (non-hydrogen) atoms. The molecule has 0 radical (unpaired) electrons. The first-order chi connectivity index (χ1) is 17.8. The Morgan fingerprint density at radius 1 is 1.16 bits per heavy atom. The van der Waals surface area contributed by atoms with Crippen molar-refractivity contribution < 1.29 is 14.3 Å². The van der Waals surface area contributed by atoms with Gasteiger partial charge in [0.05, 0.1) is 19.3 Å². The van der Waals surface area contributed by atoms with Gasteiger partial charge in [0.2, 0.25) is 5.95 Å². The largest absolute Gasteiger partial charge is 0.491 e. The number of aromatic nitrogens is 2. The molecule has 3 heterocycles. The van der Waals surface area contributed by atoms with Gasteiger partial charge in [0.1, 0.15) is 0 Å². The van der Waals surface area contributed by atoms with E-state index in [0.29, 0.717) is 21.6 Å². The zero-order valence-corrected chi connectivity index (χ0v) is 23.1. The summed E-state index contributed by atoms with van der Waals surface area (Å²) in [6, 6.07) is 6.32. The summed E-state index contributed by atoms with van der Waals surface area (Å²) >= 11 is 12.5. The minimum atomic E-state index is -0.0620. The van der Waals surface area contributed by atoms with Crippen molar-refractivity contribution in [3.8, 4) is 5.75 Å². The first-order valence-electron chi connectivity index (χ1n) is 12.9. The molecule has 1 aliphatic carbocycles. The molecule has 5 rings (SSSR count). The van der Waals surface area contributed by atoms with Gasteiger partial charge in [-0.1, -0.05) is 36.2 Å². The molecule has 1 N–H and O–H groups in total. The summed E-state index contributed by atoms with van der Waals surface area (Å²) in [5.41, 5.74) is 0.958. The number of halogens is 2. The van der Waals surface area contributed by atoms with Gasteiger partial charge >= 0.3 is 6.15 Å². The van der Waals surface area contributed by atoms with E-state index in [-0.39, 0.29) is 12.2 Å². The van der Waals surface area contributed by atoms with E-state index in [1.807, 2.05) is 19.1 Å². The lowest BCUT2D eigenvalue weighted by molar-refractivity contribution is -0.191. The average molecular weight is 549 g/mol. The lowest BCUT2D eigenvalue weighted by Gasteiger charge is -2.50. The molecule has 0 amide bonds. The van der Waals surface area contributed by atoms with Gasteiger partial charge in [-0.2, -0.15) is 14.6 Å². The summed E-state index contributed by atoms with van der Waals surface area (Å²) in [6.07, 6.45) is 7.47. The van der Waals surface area contributed by atoms with Crippen molar-refractivity contribution in [2.24, 2.45) is 17.8 Å². The predicted octanol–water partition coefficient (Wildman–Crippen LogP) is 5.33. The van der Waals surface area contributed by atoms with Crippen LogP contribution in [0.3, 0.4) is 0 Å². The highest BCUT2D eigenvalue weighted by Crippen LogP contribution is 2.38. The molecular formula is C27H35Cl2N5O3. The number of anilines is 2. The van der Waals surface area contributed by atoms with Crippen LogP contribution in [0.4, 0.5) is 11.8 Å². The molecule has 2 saturated heterocycles. The smallest absolute Gasteiger partial charge is 0.373 e. The van der Waals surface area contributed by atoms with Gasteiger partial charge in [0.25, 0.3) is 0 Å². The Balaban J connectivity index is 0.00000102. The number of nitrogens with zero attached hydrogens (tertiary/aromatic N) is 4. The quantitative estimate of drug-likeness (QED) is 0.497. The van der Waals surface area contributed by atoms with Crippen LogP contribution in [0, 0.1) is 17.8 Å². The van der Waals surface area contributed by atoms with Crippen LogP contribution in [0.15, 0.2) is 24.4 Å². The van der Waals surface area contributed by atoms with E-state index in [4.69, 9.17) is 42.5 Å². The van der Waals surface area contributed by atoms with Crippen molar-refractivity contribution in [3.05, 3.63) is 40.0 Å². The van der Waals surface area contributed by atoms with Crippen LogP contribution in [0.1, 0.15) is 51.1 Å². The molecule has 2 aliphatic heterocycles. The molecule has 1 saturated carbocycles. The minimum absolute atomic E-state index is 0.0620. The Labute approximate surface area is 228 Å². The van der Waals surface area contributed by atoms with E-state index < -0.39 is 0 Å². The van der Waals surface area contributed by atoms with Crippen molar-refractivity contribution in [1.29, 1.82) is 0 Å². The van der Waals surface area contributed by atoms with E-state index in [9.17, 15) is 0 Å². The number of carbonyl (C=O) groups excluding carboxylic acids is 2. The first-order valence-corrected chi connectivity index (χ1v) is 13.7. The van der Waals surface area contributed by atoms with E-state index in [2.05, 4.69) is 27.0 Å². The van der Waals surface area contributed by atoms with E-state index in [1.165, 1.54) is 38.8 Å². The van der Waals surface area contributed by atoms with Crippen LogP contribution in [-0.4, -0.2) is 60.4 Å². The van der Waals surface area contributed by atoms with Crippen molar-refractivity contribution in [2.75, 3.05) is 43.5 Å². The normalized spacial score (nSPS) is 24.6. The van der Waals surface area contributed by atoms with Crippen molar-refractivity contribution >= 4 is 41.1 Å². The van der Waals surface area contributed by atoms with Gasteiger partial charge in [0.15, 0.2) is 11.6 Å². The highest BCUT2D eigenvalue weighted by Gasteiger charge is 2.40. The summed E-state index contributed by atoms with van der Waals surface area (Å²) in [6.45, 7) is 9.05. The maximum Gasteiger partial charge on any atom is 0.373 e. The topological polar surface area (TPSA) is 87.7 Å². The molecule has 0 spiro atoms. The second-order valence-electron chi connectivity index (χ2n) is 10.5. The highest BCUT2D eigenvalue weighted by molar-refractivity contribution is 6.35. The number of hydrogen-bond donors (Lipinski definition) is 1. The van der Waals surface area contributed by atoms with Gasteiger partial charge in [-0.15, -0.1) is 0 Å². The number of piperidine rings is 1. The Hall–Kier alpha value is -2.38. The molecule has 2 atom stereocenters. The molecule has 200 valence electrons. The average Bonchev–Trinajstić information content (AvgIpc) is 2.82. The lowest BCUT2D eigenvalue weighted by Crippen LogP contribution is -2.56. The first kappa shape index (κ1) is 27.6. The molecule has 3 aliphatic rings. The molecular weight excluding hydrogens is 513 g/mol. The predicted molar refractivity (Wildman–Crippen MR) is 144 cm³/mol. The summed E-state index contributed by atoms with van der Waals surface area (Å²) in [5.74, 6) is 4.50. The van der Waals surface area contributed by atoms with E-state index in [0.717, 1.165) is 48.4 Å². The van der Waals surface area contributed by atoms with Crippen molar-refractivity contribution in [3.63, 3.8) is 0 Å². The Morgan fingerprint density at radius 2 is 1.89 bits per heavy atom. The van der Waals surface area contributed by atoms with Crippen molar-refractivity contribution in [2.45, 2.75) is 51.6 Å². The molecule has 10 heteroatoms. The number of methoxy groups -OCH3 is 1. The second-order valence-corrected chi connectivity index (χ2v) is 11.3. The van der Waals surface area contributed by atoms with E-state index >= 15 is 0 Å². The summed E-state index contributed by atoms with van der Waals surface area (Å²) in [5, 5.41) is 4.71. The minimum Gasteiger partial charge on any atom is -0.491 e. The standard InChI is InChI=1S/C26H35Cl2N5O.CO2/c1-16-9-21(10-16)32-8-4-5-18(13-32)19-14-33(15-19)26-29-12-24(34-3)25(31-26)30-17(2)22-7-6-20(27)11-23(22)28;2-1-3/h6-7,11-12,16-19,21H,4-5,8-10,13-15H2,1-3H3,(H,29,30,31);/t16?,17-,18+,21?;/m1./s1. The number of nitrogens with one attached hydrogen (secondary N) is 1. The number of benzene rings is 1. The molecule has 0 unspecified atom stereocenters. The van der Waals surface area contributed by atoms with Gasteiger partial charge in [0, 0.05) is 35.7 Å². The zero-order chi connectivity index (χ0) is 26.5. The van der Waals surface area contributed by atoms with Gasteiger partial charge in [-0.3, -0.25) is 0 Å². The zero-order valence-electron chi connectivity index (χ0n) is 21.6. The van der Waals surface area contributed by atoms with Crippen LogP contribution in [0.25, 0.3) is 0 Å². The van der Waals surface area contributed by atoms with Gasteiger partial charge < -0.3 is 19.9 Å². The Bertz CT molecular complexity index is 1100. The Morgan fingerprint density at radius 3 is 2.54 bits per heavy atom. The lowest BCUT2D eigenvalue weighted by atomic mass is 9.76. The van der Waals surface area contributed by atoms with Gasteiger partial charge in [-0.25, -0.2) is 4.98 Å². The van der Waals surface area contributed by atoms with Crippen LogP contribution in [0.5, 0.6) is 5.75 Å². The third kappa shape index (κ3) is 6.55. The van der Waals surface area contributed by atoms with Crippen LogP contribution >= 0.6 is 23.2 Å². The summed E-state index contributed by atoms with van der Waals surface area (Å²) < 4.78 is 5.53. The van der Waals surface area contributed by atoms with Crippen molar-refractivity contribution in [1.82, 2.24) is 14.9 Å². The Kier molecular flexibility index (Phi) is 9.30. The third-order valence-electron chi connectivity index (χ3n) is 7.96. The number of rotatable bonds is 7. The van der Waals surface area contributed by atoms with Crippen LogP contribution < -0.4 is 15.0 Å². The maximum atomic E-state index is 8.12. The number of likely N-dealkylation sites (tertiary alicyclic amines) is 1. The molecule has 1 aromatic heterocycles. The van der Waals surface area contributed by atoms with Crippen LogP contribution in [-0.2, 0) is 9.59 Å². The third-order valence-corrected chi connectivity index (χ3v) is 8.52. The fourth-order valence-corrected chi connectivity index (χ4v) is 6.36. The van der Waals surface area contributed by atoms with E-state index in [1.54, 1.807) is 19.4 Å².